The molecule has 0 aliphatic carbocycles. The van der Waals surface area contributed by atoms with Crippen LogP contribution in [0, 0.1) is 5.82 Å². The lowest BCUT2D eigenvalue weighted by molar-refractivity contribution is 0.0975. The number of hydrogen-bond acceptors (Lipinski definition) is 1. The van der Waals surface area contributed by atoms with E-state index < -0.39 is 5.82 Å². The van der Waals surface area contributed by atoms with Crippen molar-refractivity contribution in [1.82, 2.24) is 0 Å². The van der Waals surface area contributed by atoms with Gasteiger partial charge in [-0.15, -0.1) is 0 Å². The summed E-state index contributed by atoms with van der Waals surface area (Å²) >= 11 is 5.63. The van der Waals surface area contributed by atoms with Gasteiger partial charge in [0.05, 0.1) is 10.6 Å². The van der Waals surface area contributed by atoms with Crippen molar-refractivity contribution < 1.29 is 9.18 Å². The number of carbonyl (C=O) groups excluding carboxylic acids is 1. The first kappa shape index (κ1) is 14.2. The van der Waals surface area contributed by atoms with Gasteiger partial charge in [0.1, 0.15) is 0 Å². The van der Waals surface area contributed by atoms with Crippen LogP contribution in [0.3, 0.4) is 0 Å². The van der Waals surface area contributed by atoms with Crippen molar-refractivity contribution in [3.63, 3.8) is 0 Å². The van der Waals surface area contributed by atoms with Crippen molar-refractivity contribution in [2.24, 2.45) is 0 Å². The highest BCUT2D eigenvalue weighted by atomic mass is 35.5. The van der Waals surface area contributed by atoms with Crippen LogP contribution in [0.2, 0.25) is 5.02 Å². The zero-order chi connectivity index (χ0) is 12.7. The van der Waals surface area contributed by atoms with E-state index in [1.54, 1.807) is 6.07 Å². The fraction of sp³-hybridized carbons (Fsp3) is 0.500. The summed E-state index contributed by atoms with van der Waals surface area (Å²) in [6.07, 6.45) is 5.77. The third-order valence-corrected chi connectivity index (χ3v) is 3.05. The quantitative estimate of drug-likeness (QED) is 0.494. The second-order valence-corrected chi connectivity index (χ2v) is 4.60. The minimum Gasteiger partial charge on any atom is -0.294 e. The summed E-state index contributed by atoms with van der Waals surface area (Å²) in [5.74, 6) is -0.741. The van der Waals surface area contributed by atoms with Crippen molar-refractivity contribution in [2.75, 3.05) is 0 Å². The average Bonchev–Trinajstić information content (AvgIpc) is 2.32. The SMILES string of the molecule is CCCCCCCC(=O)c1cccc(Cl)c1F. The topological polar surface area (TPSA) is 17.1 Å². The minimum atomic E-state index is -0.590. The third-order valence-electron chi connectivity index (χ3n) is 2.76. The minimum absolute atomic E-state index is 0.0156. The summed E-state index contributed by atoms with van der Waals surface area (Å²) in [7, 11) is 0. The van der Waals surface area contributed by atoms with E-state index in [1.165, 1.54) is 25.0 Å². The molecule has 0 unspecified atom stereocenters. The first-order valence-electron chi connectivity index (χ1n) is 6.14. The molecule has 17 heavy (non-hydrogen) atoms. The van der Waals surface area contributed by atoms with Gasteiger partial charge in [-0.2, -0.15) is 0 Å². The molecule has 0 heterocycles. The van der Waals surface area contributed by atoms with Crippen LogP contribution in [-0.4, -0.2) is 5.78 Å². The van der Waals surface area contributed by atoms with Crippen molar-refractivity contribution in [3.05, 3.63) is 34.6 Å². The fourth-order valence-corrected chi connectivity index (χ4v) is 1.92. The van der Waals surface area contributed by atoms with E-state index in [0.29, 0.717) is 6.42 Å². The summed E-state index contributed by atoms with van der Waals surface area (Å²) < 4.78 is 13.5. The van der Waals surface area contributed by atoms with Gasteiger partial charge in [-0.3, -0.25) is 4.79 Å². The predicted octanol–water partition coefficient (Wildman–Crippen LogP) is 5.02. The van der Waals surface area contributed by atoms with Crippen LogP contribution < -0.4 is 0 Å². The lowest BCUT2D eigenvalue weighted by Crippen LogP contribution is -2.02. The van der Waals surface area contributed by atoms with Gasteiger partial charge in [0.25, 0.3) is 0 Å². The summed E-state index contributed by atoms with van der Waals surface area (Å²) in [6.45, 7) is 2.15. The molecule has 1 rings (SSSR count). The Morgan fingerprint density at radius 2 is 1.94 bits per heavy atom. The van der Waals surface area contributed by atoms with Crippen LogP contribution in [0.5, 0.6) is 0 Å². The molecule has 1 aromatic carbocycles. The van der Waals surface area contributed by atoms with Gasteiger partial charge in [-0.25, -0.2) is 4.39 Å². The number of Topliss-reactive ketones (excluding diaryl/α,β-unsaturated/α-hetero) is 1. The smallest absolute Gasteiger partial charge is 0.165 e. The van der Waals surface area contributed by atoms with E-state index in [2.05, 4.69) is 6.92 Å². The zero-order valence-electron chi connectivity index (χ0n) is 10.1. The Morgan fingerprint density at radius 3 is 2.65 bits per heavy atom. The molecule has 94 valence electrons. The maximum absolute atomic E-state index is 13.5. The van der Waals surface area contributed by atoms with Gasteiger partial charge in [0.2, 0.25) is 0 Å². The lowest BCUT2D eigenvalue weighted by Gasteiger charge is -2.03. The molecule has 1 nitrogen and oxygen atoms in total. The van der Waals surface area contributed by atoms with E-state index in [1.807, 2.05) is 0 Å². The van der Waals surface area contributed by atoms with Gasteiger partial charge >= 0.3 is 0 Å². The molecule has 0 spiro atoms. The molecule has 0 saturated carbocycles. The molecule has 0 amide bonds. The Morgan fingerprint density at radius 1 is 1.24 bits per heavy atom. The van der Waals surface area contributed by atoms with Crippen molar-refractivity contribution in [3.8, 4) is 0 Å². The van der Waals surface area contributed by atoms with Crippen LogP contribution in [-0.2, 0) is 0 Å². The third kappa shape index (κ3) is 4.47. The van der Waals surface area contributed by atoms with Crippen molar-refractivity contribution in [1.29, 1.82) is 0 Å². The largest absolute Gasteiger partial charge is 0.294 e. The summed E-state index contributed by atoms with van der Waals surface area (Å²) in [5, 5.41) is 0.0156. The Balaban J connectivity index is 2.44. The molecule has 0 saturated heterocycles. The Hall–Kier alpha value is -0.890. The predicted molar refractivity (Wildman–Crippen MR) is 69.1 cm³/mol. The first-order valence-corrected chi connectivity index (χ1v) is 6.51. The Bertz CT molecular complexity index is 376. The normalized spacial score (nSPS) is 10.5. The standard InChI is InChI=1S/C14H18ClFO/c1-2-3-4-5-6-10-13(17)11-8-7-9-12(15)14(11)16/h7-9H,2-6,10H2,1H3. The van der Waals surface area contributed by atoms with E-state index in [-0.39, 0.29) is 16.4 Å². The number of halogens is 2. The van der Waals surface area contributed by atoms with Crippen molar-refractivity contribution in [2.45, 2.75) is 45.4 Å². The Kier molecular flexibility index (Phi) is 6.20. The molecule has 1 aromatic rings. The second kappa shape index (κ2) is 7.44. The highest BCUT2D eigenvalue weighted by Crippen LogP contribution is 2.20. The number of rotatable bonds is 7. The fourth-order valence-electron chi connectivity index (χ4n) is 1.74. The number of benzene rings is 1. The zero-order valence-corrected chi connectivity index (χ0v) is 10.9. The maximum Gasteiger partial charge on any atom is 0.165 e. The number of unbranched alkanes of at least 4 members (excludes halogenated alkanes) is 4. The van der Waals surface area contributed by atoms with Gasteiger partial charge in [-0.05, 0) is 18.6 Å². The van der Waals surface area contributed by atoms with E-state index in [0.717, 1.165) is 19.3 Å². The summed E-state index contributed by atoms with van der Waals surface area (Å²) in [4.78, 5) is 11.8. The molecular weight excluding hydrogens is 239 g/mol. The molecule has 0 radical (unpaired) electrons. The summed E-state index contributed by atoms with van der Waals surface area (Å²) in [5.41, 5.74) is 0.119. The monoisotopic (exact) mass is 256 g/mol. The first-order chi connectivity index (χ1) is 8.16. The molecule has 0 atom stereocenters. The molecule has 0 bridgehead atoms. The highest BCUT2D eigenvalue weighted by Gasteiger charge is 2.13. The van der Waals surface area contributed by atoms with Crippen molar-refractivity contribution >= 4 is 17.4 Å². The van der Waals surface area contributed by atoms with Crippen LogP contribution in [0.15, 0.2) is 18.2 Å². The van der Waals surface area contributed by atoms with E-state index >= 15 is 0 Å². The molecule has 0 aliphatic heterocycles. The van der Waals surface area contributed by atoms with E-state index in [9.17, 15) is 9.18 Å². The van der Waals surface area contributed by atoms with Gasteiger partial charge in [0, 0.05) is 6.42 Å². The van der Waals surface area contributed by atoms with E-state index in [4.69, 9.17) is 11.6 Å². The van der Waals surface area contributed by atoms with Crippen LogP contribution in [0.1, 0.15) is 55.8 Å². The summed E-state index contributed by atoms with van der Waals surface area (Å²) in [6, 6.07) is 4.56. The van der Waals surface area contributed by atoms with Gasteiger partial charge < -0.3 is 0 Å². The lowest BCUT2D eigenvalue weighted by atomic mass is 10.0. The molecule has 0 N–H and O–H groups in total. The molecule has 0 fully saturated rings. The van der Waals surface area contributed by atoms with Gasteiger partial charge in [-0.1, -0.05) is 50.3 Å². The number of carbonyl (C=O) groups is 1. The van der Waals surface area contributed by atoms with Gasteiger partial charge in [0.15, 0.2) is 11.6 Å². The number of ketones is 1. The number of hydrogen-bond donors (Lipinski definition) is 0. The molecule has 0 aromatic heterocycles. The molecule has 0 aliphatic rings. The molecule has 3 heteroatoms. The van der Waals surface area contributed by atoms with Crippen LogP contribution >= 0.6 is 11.6 Å². The molecular formula is C14H18ClFO. The highest BCUT2D eigenvalue weighted by molar-refractivity contribution is 6.31. The second-order valence-electron chi connectivity index (χ2n) is 4.19. The Labute approximate surface area is 107 Å². The van der Waals surface area contributed by atoms with Crippen LogP contribution in [0.25, 0.3) is 0 Å². The average molecular weight is 257 g/mol. The van der Waals surface area contributed by atoms with Crippen LogP contribution in [0.4, 0.5) is 4.39 Å². The maximum atomic E-state index is 13.5.